The Morgan fingerprint density at radius 2 is 1.68 bits per heavy atom. The predicted octanol–water partition coefficient (Wildman–Crippen LogP) is 3.60. The fraction of sp³-hybridized carbons (Fsp3) is 0.350. The number of benzene rings is 2. The maximum atomic E-state index is 12.5. The molecule has 0 aliphatic heterocycles. The van der Waals surface area contributed by atoms with Gasteiger partial charge in [0, 0.05) is 30.9 Å². The molecule has 3 N–H and O–H groups in total. The van der Waals surface area contributed by atoms with Gasteiger partial charge in [0.15, 0.2) is 0 Å². The highest BCUT2D eigenvalue weighted by atomic mass is 35.5. The van der Waals surface area contributed by atoms with Gasteiger partial charge in [-0.05, 0) is 48.7 Å². The molecular formula is C20H28ClN3O3S. The minimum Gasteiger partial charge on any atom is -0.399 e. The molecule has 0 heterocycles. The van der Waals surface area contributed by atoms with E-state index in [4.69, 9.17) is 5.73 Å². The van der Waals surface area contributed by atoms with Gasteiger partial charge in [0.1, 0.15) is 0 Å². The predicted molar refractivity (Wildman–Crippen MR) is 116 cm³/mol. The topological polar surface area (TPSA) is 92.5 Å². The van der Waals surface area contributed by atoms with Crippen LogP contribution < -0.4 is 11.1 Å². The summed E-state index contributed by atoms with van der Waals surface area (Å²) < 4.78 is 26.4. The SMILES string of the molecule is CCN(CC)S(=O)(=O)c1ccc(CCC(=O)Nc2cc(N)ccc2C)cc1.Cl. The quantitative estimate of drug-likeness (QED) is 0.632. The van der Waals surface area contributed by atoms with Crippen LogP contribution in [0.3, 0.4) is 0 Å². The molecule has 0 atom stereocenters. The first-order valence-corrected chi connectivity index (χ1v) is 10.5. The number of carbonyl (C=O) groups excluding carboxylic acids is 1. The Morgan fingerprint density at radius 3 is 2.25 bits per heavy atom. The first kappa shape index (κ1) is 23.9. The zero-order chi connectivity index (χ0) is 20.0. The van der Waals surface area contributed by atoms with Crippen LogP contribution in [0.1, 0.15) is 31.4 Å². The second-order valence-corrected chi connectivity index (χ2v) is 8.29. The minimum absolute atomic E-state index is 0. The Kier molecular flexibility index (Phi) is 8.94. The number of amides is 1. The first-order valence-electron chi connectivity index (χ1n) is 9.03. The second kappa shape index (κ2) is 10.5. The fourth-order valence-corrected chi connectivity index (χ4v) is 4.24. The number of anilines is 2. The lowest BCUT2D eigenvalue weighted by Gasteiger charge is -2.18. The summed E-state index contributed by atoms with van der Waals surface area (Å²) in [6.45, 7) is 6.41. The molecule has 0 aliphatic carbocycles. The summed E-state index contributed by atoms with van der Waals surface area (Å²) in [7, 11) is -3.46. The number of rotatable bonds is 8. The number of hydrogen-bond acceptors (Lipinski definition) is 4. The molecule has 8 heteroatoms. The number of aryl methyl sites for hydroxylation is 2. The lowest BCUT2D eigenvalue weighted by Crippen LogP contribution is -2.30. The van der Waals surface area contributed by atoms with Crippen LogP contribution in [0.2, 0.25) is 0 Å². The number of nitrogens with one attached hydrogen (secondary N) is 1. The molecule has 0 aliphatic rings. The van der Waals surface area contributed by atoms with E-state index < -0.39 is 10.0 Å². The third-order valence-corrected chi connectivity index (χ3v) is 6.51. The van der Waals surface area contributed by atoms with Crippen molar-refractivity contribution < 1.29 is 13.2 Å². The Bertz CT molecular complexity index is 895. The van der Waals surface area contributed by atoms with E-state index in [-0.39, 0.29) is 23.2 Å². The Hall–Kier alpha value is -2.09. The van der Waals surface area contributed by atoms with Gasteiger partial charge in [-0.3, -0.25) is 4.79 Å². The highest BCUT2D eigenvalue weighted by Gasteiger charge is 2.21. The van der Waals surface area contributed by atoms with Gasteiger partial charge in [0.25, 0.3) is 0 Å². The van der Waals surface area contributed by atoms with Crippen molar-refractivity contribution in [3.63, 3.8) is 0 Å². The maximum Gasteiger partial charge on any atom is 0.243 e. The van der Waals surface area contributed by atoms with Crippen LogP contribution in [0.25, 0.3) is 0 Å². The van der Waals surface area contributed by atoms with Gasteiger partial charge in [-0.2, -0.15) is 4.31 Å². The monoisotopic (exact) mass is 425 g/mol. The zero-order valence-corrected chi connectivity index (χ0v) is 18.1. The molecule has 1 amide bonds. The van der Waals surface area contributed by atoms with E-state index in [0.29, 0.717) is 37.3 Å². The van der Waals surface area contributed by atoms with Crippen LogP contribution in [0.5, 0.6) is 0 Å². The first-order chi connectivity index (χ1) is 12.8. The van der Waals surface area contributed by atoms with Crippen LogP contribution in [-0.2, 0) is 21.2 Å². The van der Waals surface area contributed by atoms with Crippen molar-refractivity contribution >= 4 is 39.7 Å². The third-order valence-electron chi connectivity index (χ3n) is 4.44. The number of nitrogen functional groups attached to an aromatic ring is 1. The maximum absolute atomic E-state index is 12.5. The molecule has 0 saturated carbocycles. The molecular weight excluding hydrogens is 398 g/mol. The molecule has 0 bridgehead atoms. The normalized spacial score (nSPS) is 11.1. The van der Waals surface area contributed by atoms with Crippen LogP contribution in [0, 0.1) is 6.92 Å². The minimum atomic E-state index is -3.46. The summed E-state index contributed by atoms with van der Waals surface area (Å²) >= 11 is 0. The van der Waals surface area contributed by atoms with Crippen LogP contribution in [0.4, 0.5) is 11.4 Å². The van der Waals surface area contributed by atoms with Crippen LogP contribution >= 0.6 is 12.4 Å². The molecule has 154 valence electrons. The third kappa shape index (κ3) is 5.95. The molecule has 0 saturated heterocycles. The summed E-state index contributed by atoms with van der Waals surface area (Å²) in [6, 6.07) is 12.1. The zero-order valence-electron chi connectivity index (χ0n) is 16.4. The molecule has 0 aromatic heterocycles. The van der Waals surface area contributed by atoms with Crippen LogP contribution in [0.15, 0.2) is 47.4 Å². The second-order valence-electron chi connectivity index (χ2n) is 6.36. The van der Waals surface area contributed by atoms with Crippen molar-refractivity contribution in [1.29, 1.82) is 0 Å². The lowest BCUT2D eigenvalue weighted by molar-refractivity contribution is -0.116. The van der Waals surface area contributed by atoms with E-state index in [9.17, 15) is 13.2 Å². The molecule has 2 rings (SSSR count). The fourth-order valence-electron chi connectivity index (χ4n) is 2.79. The van der Waals surface area contributed by atoms with E-state index in [1.165, 1.54) is 4.31 Å². The van der Waals surface area contributed by atoms with Gasteiger partial charge in [0.2, 0.25) is 15.9 Å². The van der Waals surface area contributed by atoms with Crippen molar-refractivity contribution in [1.82, 2.24) is 4.31 Å². The summed E-state index contributed by atoms with van der Waals surface area (Å²) in [5.41, 5.74) is 8.92. The Labute approximate surface area is 173 Å². The van der Waals surface area contributed by atoms with Gasteiger partial charge in [0.05, 0.1) is 4.90 Å². The number of hydrogen-bond donors (Lipinski definition) is 2. The van der Waals surface area contributed by atoms with Crippen molar-refractivity contribution in [2.75, 3.05) is 24.1 Å². The highest BCUT2D eigenvalue weighted by molar-refractivity contribution is 7.89. The van der Waals surface area contributed by atoms with Gasteiger partial charge in [-0.15, -0.1) is 12.4 Å². The molecule has 2 aromatic rings. The van der Waals surface area contributed by atoms with Crippen molar-refractivity contribution in [2.45, 2.75) is 38.5 Å². The number of nitrogens with two attached hydrogens (primary N) is 1. The number of halogens is 1. The standard InChI is InChI=1S/C20H27N3O3S.ClH/c1-4-23(5-2)27(25,26)18-11-7-16(8-12-18)9-13-20(24)22-19-14-17(21)10-6-15(19)3;/h6-8,10-12,14H,4-5,9,13,21H2,1-3H3,(H,22,24);1H. The Balaban J connectivity index is 0.00000392. The summed E-state index contributed by atoms with van der Waals surface area (Å²) in [5, 5.41) is 2.87. The number of carbonyl (C=O) groups is 1. The summed E-state index contributed by atoms with van der Waals surface area (Å²) in [4.78, 5) is 12.5. The molecule has 0 fully saturated rings. The molecule has 6 nitrogen and oxygen atoms in total. The Morgan fingerprint density at radius 1 is 1.07 bits per heavy atom. The van der Waals surface area contributed by atoms with Gasteiger partial charge >= 0.3 is 0 Å². The van der Waals surface area contributed by atoms with Crippen molar-refractivity contribution in [3.05, 3.63) is 53.6 Å². The van der Waals surface area contributed by atoms with E-state index in [0.717, 1.165) is 11.1 Å². The van der Waals surface area contributed by atoms with E-state index in [1.807, 2.05) is 26.8 Å². The van der Waals surface area contributed by atoms with Gasteiger partial charge in [-0.1, -0.05) is 32.0 Å². The number of nitrogens with zero attached hydrogens (tertiary/aromatic N) is 1. The van der Waals surface area contributed by atoms with Crippen molar-refractivity contribution in [2.24, 2.45) is 0 Å². The average molecular weight is 426 g/mol. The van der Waals surface area contributed by atoms with E-state index in [1.54, 1.807) is 36.4 Å². The highest BCUT2D eigenvalue weighted by Crippen LogP contribution is 2.19. The molecule has 0 unspecified atom stereocenters. The summed E-state index contributed by atoms with van der Waals surface area (Å²) in [6.07, 6.45) is 0.829. The largest absolute Gasteiger partial charge is 0.399 e. The molecule has 28 heavy (non-hydrogen) atoms. The van der Waals surface area contributed by atoms with Crippen molar-refractivity contribution in [3.8, 4) is 0 Å². The van der Waals surface area contributed by atoms with Gasteiger partial charge in [-0.25, -0.2) is 8.42 Å². The molecule has 0 radical (unpaired) electrons. The average Bonchev–Trinajstić information content (AvgIpc) is 2.64. The van der Waals surface area contributed by atoms with Crippen LogP contribution in [-0.4, -0.2) is 31.7 Å². The van der Waals surface area contributed by atoms with Gasteiger partial charge < -0.3 is 11.1 Å². The number of sulfonamides is 1. The van der Waals surface area contributed by atoms with E-state index >= 15 is 0 Å². The summed E-state index contributed by atoms with van der Waals surface area (Å²) in [5.74, 6) is -0.108. The molecule has 2 aromatic carbocycles. The van der Waals surface area contributed by atoms with E-state index in [2.05, 4.69) is 5.32 Å². The lowest BCUT2D eigenvalue weighted by atomic mass is 10.1. The molecule has 0 spiro atoms. The smallest absolute Gasteiger partial charge is 0.243 e.